The maximum atomic E-state index is 4.67. The van der Waals surface area contributed by atoms with Crippen LogP contribution < -0.4 is 5.32 Å². The Balaban J connectivity index is 2.30. The molecule has 0 saturated carbocycles. The van der Waals surface area contributed by atoms with Crippen molar-refractivity contribution in [2.45, 2.75) is 55.8 Å². The summed E-state index contributed by atoms with van der Waals surface area (Å²) in [6.45, 7) is 11.3. The summed E-state index contributed by atoms with van der Waals surface area (Å²) in [6.07, 6.45) is 0.858. The average molecular weight is 323 g/mol. The second-order valence-corrected chi connectivity index (χ2v) is 7.65. The highest BCUT2D eigenvalue weighted by molar-refractivity contribution is 8.00. The van der Waals surface area contributed by atoms with Crippen molar-refractivity contribution in [3.05, 3.63) is 17.7 Å². The van der Waals surface area contributed by atoms with Crippen LogP contribution in [0.3, 0.4) is 0 Å². The summed E-state index contributed by atoms with van der Waals surface area (Å²) in [7, 11) is 0. The van der Waals surface area contributed by atoms with Crippen LogP contribution in [0.15, 0.2) is 15.4 Å². The summed E-state index contributed by atoms with van der Waals surface area (Å²) in [5.41, 5.74) is -0.0869. The number of nitrogens with zero attached hydrogens (tertiary/aromatic N) is 4. The van der Waals surface area contributed by atoms with Crippen LogP contribution in [0, 0.1) is 0 Å². The van der Waals surface area contributed by atoms with Gasteiger partial charge in [-0.25, -0.2) is 15.0 Å². The lowest BCUT2D eigenvalue weighted by Crippen LogP contribution is -2.17. The van der Waals surface area contributed by atoms with Crippen LogP contribution in [-0.4, -0.2) is 25.9 Å². The number of anilines is 1. The van der Waals surface area contributed by atoms with Gasteiger partial charge in [-0.05, 0) is 30.2 Å². The summed E-state index contributed by atoms with van der Waals surface area (Å²) in [6, 6.07) is 1.97. The van der Waals surface area contributed by atoms with Crippen molar-refractivity contribution < 1.29 is 0 Å². The van der Waals surface area contributed by atoms with Crippen LogP contribution in [0.4, 0.5) is 5.82 Å². The largest absolute Gasteiger partial charge is 0.370 e. The van der Waals surface area contributed by atoms with Crippen molar-refractivity contribution >= 4 is 29.1 Å². The summed E-state index contributed by atoms with van der Waals surface area (Å²) in [5.74, 6) is 2.59. The first-order chi connectivity index (χ1) is 9.92. The van der Waals surface area contributed by atoms with Gasteiger partial charge < -0.3 is 5.32 Å². The topological polar surface area (TPSA) is 63.6 Å². The summed E-state index contributed by atoms with van der Waals surface area (Å²) < 4.78 is 5.24. The van der Waals surface area contributed by atoms with E-state index in [1.807, 2.05) is 6.07 Å². The molecule has 0 aliphatic carbocycles. The number of hydrogen-bond acceptors (Lipinski definition) is 7. The van der Waals surface area contributed by atoms with E-state index in [0.29, 0.717) is 0 Å². The van der Waals surface area contributed by atoms with Gasteiger partial charge in [0.05, 0.1) is 0 Å². The molecule has 0 atom stereocenters. The zero-order valence-corrected chi connectivity index (χ0v) is 14.7. The smallest absolute Gasteiger partial charge is 0.176 e. The normalized spacial score (nSPS) is 11.7. The number of nitrogens with one attached hydrogen (secondary N) is 1. The second kappa shape index (κ2) is 6.70. The highest BCUT2D eigenvalue weighted by Gasteiger charge is 2.20. The van der Waals surface area contributed by atoms with Crippen molar-refractivity contribution in [2.24, 2.45) is 0 Å². The van der Waals surface area contributed by atoms with E-state index in [9.17, 15) is 0 Å². The quantitative estimate of drug-likeness (QED) is 0.845. The zero-order chi connectivity index (χ0) is 15.5. The Kier molecular flexibility index (Phi) is 5.16. The number of rotatable bonds is 5. The Morgan fingerprint density at radius 1 is 1.19 bits per heavy atom. The lowest BCUT2D eigenvalue weighted by Gasteiger charge is -2.18. The van der Waals surface area contributed by atoms with Crippen molar-refractivity contribution in [2.75, 3.05) is 11.9 Å². The highest BCUT2D eigenvalue weighted by Crippen LogP contribution is 2.31. The molecular formula is C14H21N5S2. The molecule has 2 heterocycles. The molecule has 0 radical (unpaired) electrons. The molecule has 2 aromatic rings. The Hall–Kier alpha value is -1.21. The molecule has 0 bridgehead atoms. The van der Waals surface area contributed by atoms with Gasteiger partial charge in [-0.1, -0.05) is 27.7 Å². The summed E-state index contributed by atoms with van der Waals surface area (Å²) >= 11 is 2.97. The zero-order valence-electron chi connectivity index (χ0n) is 13.1. The Morgan fingerprint density at radius 3 is 2.52 bits per heavy atom. The molecule has 2 aromatic heterocycles. The van der Waals surface area contributed by atoms with E-state index in [0.717, 1.165) is 39.8 Å². The van der Waals surface area contributed by atoms with Gasteiger partial charge >= 0.3 is 0 Å². The molecule has 0 aliphatic rings. The van der Waals surface area contributed by atoms with Gasteiger partial charge in [0, 0.05) is 24.4 Å². The fourth-order valence-electron chi connectivity index (χ4n) is 1.60. The molecule has 0 aromatic carbocycles. The third-order valence-corrected chi connectivity index (χ3v) is 4.40. The van der Waals surface area contributed by atoms with Crippen LogP contribution in [0.2, 0.25) is 0 Å². The fourth-order valence-corrected chi connectivity index (χ4v) is 3.25. The molecule has 21 heavy (non-hydrogen) atoms. The predicted octanol–water partition coefficient (Wildman–Crippen LogP) is 3.77. The van der Waals surface area contributed by atoms with E-state index in [1.165, 1.54) is 11.5 Å². The third kappa shape index (κ3) is 4.38. The van der Waals surface area contributed by atoms with E-state index < -0.39 is 0 Å². The van der Waals surface area contributed by atoms with Crippen LogP contribution >= 0.6 is 23.3 Å². The van der Waals surface area contributed by atoms with Gasteiger partial charge in [-0.3, -0.25) is 0 Å². The molecule has 0 fully saturated rings. The van der Waals surface area contributed by atoms with Crippen LogP contribution in [0.5, 0.6) is 0 Å². The number of aryl methyl sites for hydroxylation is 1. The molecule has 0 aliphatic heterocycles. The molecule has 0 saturated heterocycles. The van der Waals surface area contributed by atoms with E-state index >= 15 is 0 Å². The number of aromatic nitrogens is 4. The first kappa shape index (κ1) is 16.2. The van der Waals surface area contributed by atoms with E-state index in [4.69, 9.17) is 0 Å². The minimum absolute atomic E-state index is 0.0869. The van der Waals surface area contributed by atoms with E-state index in [2.05, 4.69) is 59.3 Å². The molecular weight excluding hydrogens is 302 g/mol. The Bertz CT molecular complexity index is 604. The maximum absolute atomic E-state index is 4.67. The van der Waals surface area contributed by atoms with Crippen molar-refractivity contribution in [3.63, 3.8) is 0 Å². The van der Waals surface area contributed by atoms with Gasteiger partial charge in [0.1, 0.15) is 22.5 Å². The van der Waals surface area contributed by atoms with Gasteiger partial charge in [0.25, 0.3) is 0 Å². The lowest BCUT2D eigenvalue weighted by atomic mass is 9.96. The standard InChI is InChI=1S/C14H21N5S2/c1-6-9-17-13(21-19-9)20-11-8-10(15-7-2)16-12(18-11)14(3,4)5/h8H,6-7H2,1-5H3,(H,15,16,18). The van der Waals surface area contributed by atoms with E-state index in [-0.39, 0.29) is 5.41 Å². The summed E-state index contributed by atoms with van der Waals surface area (Å²) in [5, 5.41) is 4.17. The molecule has 0 unspecified atom stereocenters. The fraction of sp³-hybridized carbons (Fsp3) is 0.571. The summed E-state index contributed by atoms with van der Waals surface area (Å²) in [4.78, 5) is 13.7. The highest BCUT2D eigenvalue weighted by atomic mass is 32.2. The third-order valence-electron chi connectivity index (χ3n) is 2.69. The first-order valence-corrected chi connectivity index (χ1v) is 8.65. The van der Waals surface area contributed by atoms with Crippen molar-refractivity contribution in [1.82, 2.24) is 19.3 Å². The predicted molar refractivity (Wildman–Crippen MR) is 88.3 cm³/mol. The molecule has 0 amide bonds. The van der Waals surface area contributed by atoms with E-state index in [1.54, 1.807) is 11.8 Å². The van der Waals surface area contributed by atoms with Crippen LogP contribution in [0.1, 0.15) is 46.3 Å². The maximum Gasteiger partial charge on any atom is 0.176 e. The molecule has 7 heteroatoms. The Labute approximate surface area is 134 Å². The molecule has 2 rings (SSSR count). The van der Waals surface area contributed by atoms with Gasteiger partial charge in [-0.15, -0.1) is 0 Å². The van der Waals surface area contributed by atoms with Crippen LogP contribution in [0.25, 0.3) is 0 Å². The van der Waals surface area contributed by atoms with Gasteiger partial charge in [0.2, 0.25) is 0 Å². The van der Waals surface area contributed by atoms with Crippen LogP contribution in [-0.2, 0) is 11.8 Å². The molecule has 1 N–H and O–H groups in total. The molecule has 0 spiro atoms. The average Bonchev–Trinajstić information content (AvgIpc) is 2.85. The first-order valence-electron chi connectivity index (χ1n) is 7.06. The second-order valence-electron chi connectivity index (χ2n) is 5.63. The number of hydrogen-bond donors (Lipinski definition) is 1. The molecule has 5 nitrogen and oxygen atoms in total. The lowest BCUT2D eigenvalue weighted by molar-refractivity contribution is 0.539. The minimum atomic E-state index is -0.0869. The van der Waals surface area contributed by atoms with Crippen molar-refractivity contribution in [3.8, 4) is 0 Å². The van der Waals surface area contributed by atoms with Gasteiger partial charge in [-0.2, -0.15) is 4.37 Å². The van der Waals surface area contributed by atoms with Crippen molar-refractivity contribution in [1.29, 1.82) is 0 Å². The SMILES string of the molecule is CCNc1cc(Sc2nc(CC)ns2)nc(C(C)(C)C)n1. The Morgan fingerprint density at radius 2 is 1.95 bits per heavy atom. The molecule has 114 valence electrons. The monoisotopic (exact) mass is 323 g/mol. The van der Waals surface area contributed by atoms with Gasteiger partial charge in [0.15, 0.2) is 4.34 Å². The minimum Gasteiger partial charge on any atom is -0.370 e.